The molecule has 3 N–H and O–H groups in total. The number of fused-ring (bicyclic) bond motifs is 4. The number of hydrogen-bond acceptors (Lipinski definition) is 6. The molecular formula is C27H20Cl2FN3O6. The number of benzene rings is 2. The molecule has 0 bridgehead atoms. The van der Waals surface area contributed by atoms with Gasteiger partial charge in [-0.15, -0.1) is 23.2 Å². The summed E-state index contributed by atoms with van der Waals surface area (Å²) in [6, 6.07) is 9.52. The van der Waals surface area contributed by atoms with Gasteiger partial charge in [-0.25, -0.2) is 14.1 Å². The molecule has 2 aliphatic carbocycles. The lowest BCUT2D eigenvalue weighted by atomic mass is 9.56. The summed E-state index contributed by atoms with van der Waals surface area (Å²) in [6.07, 6.45) is 1.39. The largest absolute Gasteiger partial charge is 0.508 e. The van der Waals surface area contributed by atoms with Crippen molar-refractivity contribution in [3.05, 3.63) is 71.6 Å². The van der Waals surface area contributed by atoms with Crippen LogP contribution < -0.4 is 10.6 Å². The van der Waals surface area contributed by atoms with E-state index in [1.807, 2.05) is 0 Å². The topological polar surface area (TPSA) is 138 Å². The van der Waals surface area contributed by atoms with Gasteiger partial charge < -0.3 is 10.8 Å². The Balaban J connectivity index is 1.57. The maximum absolute atomic E-state index is 14.1. The lowest BCUT2D eigenvalue weighted by molar-refractivity contribution is -0.136. The van der Waals surface area contributed by atoms with Crippen molar-refractivity contribution in [2.24, 2.45) is 23.5 Å². The quantitative estimate of drug-likeness (QED) is 0.322. The Morgan fingerprint density at radius 3 is 2.28 bits per heavy atom. The molecule has 9 nitrogen and oxygen atoms in total. The highest BCUT2D eigenvalue weighted by Gasteiger charge is 2.77. The number of phenolic OH excluding ortho intramolecular Hbond substituents is 1. The van der Waals surface area contributed by atoms with Crippen molar-refractivity contribution >= 4 is 58.5 Å². The Labute approximate surface area is 230 Å². The summed E-state index contributed by atoms with van der Waals surface area (Å²) in [5.74, 6) is -8.23. The number of nitrogens with zero attached hydrogens (tertiary/aromatic N) is 2. The highest BCUT2D eigenvalue weighted by Crippen LogP contribution is 2.66. The first kappa shape index (κ1) is 25.5. The Bertz CT molecular complexity index is 1530. The fraction of sp³-hybridized carbons (Fsp3) is 0.296. The molecule has 200 valence electrons. The highest BCUT2D eigenvalue weighted by atomic mass is 35.5. The minimum atomic E-state index is -2.16. The Kier molecular flexibility index (Phi) is 5.47. The molecule has 6 atom stereocenters. The van der Waals surface area contributed by atoms with Crippen LogP contribution in [0.1, 0.15) is 24.3 Å². The van der Waals surface area contributed by atoms with Crippen molar-refractivity contribution < 1.29 is 33.5 Å². The average molecular weight is 572 g/mol. The van der Waals surface area contributed by atoms with Crippen LogP contribution in [0.2, 0.25) is 0 Å². The number of carbonyl (C=O) groups is 5. The fourth-order valence-electron chi connectivity index (χ4n) is 6.69. The molecule has 2 aliphatic heterocycles. The predicted molar refractivity (Wildman–Crippen MR) is 136 cm³/mol. The maximum Gasteiger partial charge on any atom is 0.328 e. The van der Waals surface area contributed by atoms with Crippen LogP contribution in [0.5, 0.6) is 5.75 Å². The summed E-state index contributed by atoms with van der Waals surface area (Å²) >= 11 is 14.3. The zero-order chi connectivity index (χ0) is 28.0. The first-order valence-electron chi connectivity index (χ1n) is 12.1. The number of amides is 6. The number of urea groups is 1. The van der Waals surface area contributed by atoms with Crippen LogP contribution in [0.3, 0.4) is 0 Å². The smallest absolute Gasteiger partial charge is 0.328 e. The number of phenols is 1. The van der Waals surface area contributed by atoms with E-state index >= 15 is 0 Å². The van der Waals surface area contributed by atoms with Gasteiger partial charge in [-0.05, 0) is 49.1 Å². The number of carbonyl (C=O) groups excluding carboxylic acids is 5. The van der Waals surface area contributed by atoms with Crippen LogP contribution in [0, 0.1) is 23.6 Å². The molecule has 3 fully saturated rings. The highest BCUT2D eigenvalue weighted by molar-refractivity contribution is 6.58. The SMILES string of the molecule is NC(=O)N1C(=O)[C@H]2[C@H](CC=C3[C@H]2C[C@@]2(Cl)C(=O)N(c4ccc(F)cc4)C(=O)[C@@]2(Cl)[C@H]3c2ccccc2O)C1=O. The van der Waals surface area contributed by atoms with E-state index in [1.165, 1.54) is 24.3 Å². The van der Waals surface area contributed by atoms with Gasteiger partial charge in [-0.3, -0.25) is 19.2 Å². The van der Waals surface area contributed by atoms with E-state index in [-0.39, 0.29) is 29.8 Å². The van der Waals surface area contributed by atoms with Gasteiger partial charge in [0, 0.05) is 11.5 Å². The Morgan fingerprint density at radius 1 is 0.974 bits per heavy atom. The summed E-state index contributed by atoms with van der Waals surface area (Å²) in [4.78, 5) is 63.2. The number of primary amides is 1. The minimum Gasteiger partial charge on any atom is -0.508 e. The van der Waals surface area contributed by atoms with Crippen LogP contribution in [0.15, 0.2) is 60.2 Å². The van der Waals surface area contributed by atoms with E-state index in [4.69, 9.17) is 28.9 Å². The number of likely N-dealkylation sites (tertiary alicyclic amines) is 1. The first-order valence-corrected chi connectivity index (χ1v) is 12.9. The molecule has 1 saturated carbocycles. The van der Waals surface area contributed by atoms with Crippen LogP contribution in [-0.2, 0) is 19.2 Å². The van der Waals surface area contributed by atoms with Gasteiger partial charge in [-0.1, -0.05) is 29.8 Å². The van der Waals surface area contributed by atoms with Gasteiger partial charge in [-0.2, -0.15) is 4.90 Å². The summed E-state index contributed by atoms with van der Waals surface area (Å²) in [5.41, 5.74) is 6.00. The molecule has 0 spiro atoms. The molecule has 2 aromatic carbocycles. The molecule has 0 unspecified atom stereocenters. The number of alkyl halides is 2. The number of imide groups is 4. The van der Waals surface area contributed by atoms with Crippen molar-refractivity contribution in [2.45, 2.75) is 28.5 Å². The molecule has 39 heavy (non-hydrogen) atoms. The van der Waals surface area contributed by atoms with Crippen molar-refractivity contribution in [1.82, 2.24) is 4.90 Å². The summed E-state index contributed by atoms with van der Waals surface area (Å²) < 4.78 is 13.7. The number of allylic oxidation sites excluding steroid dienone is 2. The fourth-order valence-corrected chi connectivity index (χ4v) is 7.62. The van der Waals surface area contributed by atoms with Gasteiger partial charge in [0.2, 0.25) is 11.8 Å². The normalized spacial score (nSPS) is 33.6. The van der Waals surface area contributed by atoms with Crippen molar-refractivity contribution in [3.63, 3.8) is 0 Å². The standard InChI is InChI=1S/C27H20Cl2FN3O6/c28-26-11-17-14(9-10-16-19(17)22(36)33(21(16)35)25(31)39)20(15-3-1-2-4-18(15)34)27(26,29)24(38)32(23(26)37)13-7-5-12(30)6-8-13/h1-9,16-17,19-20,34H,10-11H2,(H2,31,39)/t16-,17+,19-,20+,26+,27-/m0/s1. The molecule has 2 heterocycles. The van der Waals surface area contributed by atoms with Crippen LogP contribution in [0.4, 0.5) is 14.9 Å². The number of halogens is 3. The molecule has 2 aromatic rings. The monoisotopic (exact) mass is 571 g/mol. The molecule has 0 aromatic heterocycles. The van der Waals surface area contributed by atoms with E-state index in [0.29, 0.717) is 10.5 Å². The van der Waals surface area contributed by atoms with Crippen LogP contribution in [0.25, 0.3) is 0 Å². The molecule has 12 heteroatoms. The third-order valence-electron chi connectivity index (χ3n) is 8.36. The lowest BCUT2D eigenvalue weighted by Crippen LogP contribution is -2.60. The van der Waals surface area contributed by atoms with E-state index in [0.717, 1.165) is 17.0 Å². The van der Waals surface area contributed by atoms with Gasteiger partial charge in [0.05, 0.1) is 17.5 Å². The molecule has 4 aliphatic rings. The summed E-state index contributed by atoms with van der Waals surface area (Å²) in [6.45, 7) is 0. The number of para-hydroxylation sites is 1. The van der Waals surface area contributed by atoms with Crippen molar-refractivity contribution in [1.29, 1.82) is 0 Å². The zero-order valence-electron chi connectivity index (χ0n) is 20.0. The second-order valence-electron chi connectivity index (χ2n) is 10.2. The second kappa shape index (κ2) is 8.37. The van der Waals surface area contributed by atoms with E-state index in [9.17, 15) is 33.5 Å². The van der Waals surface area contributed by atoms with Crippen LogP contribution in [-0.4, -0.2) is 49.4 Å². The van der Waals surface area contributed by atoms with Gasteiger partial charge in [0.25, 0.3) is 11.8 Å². The molecule has 0 radical (unpaired) electrons. The Morgan fingerprint density at radius 2 is 1.64 bits per heavy atom. The van der Waals surface area contributed by atoms with Gasteiger partial charge in [0.1, 0.15) is 11.6 Å². The zero-order valence-corrected chi connectivity index (χ0v) is 21.5. The number of anilines is 1. The number of nitrogens with two attached hydrogens (primary N) is 1. The first-order chi connectivity index (χ1) is 18.4. The second-order valence-corrected chi connectivity index (χ2v) is 11.4. The third-order valence-corrected chi connectivity index (χ3v) is 9.78. The average Bonchev–Trinajstić information content (AvgIpc) is 3.24. The lowest BCUT2D eigenvalue weighted by Gasteiger charge is -2.50. The van der Waals surface area contributed by atoms with Crippen LogP contribution >= 0.6 is 23.2 Å². The van der Waals surface area contributed by atoms with Crippen molar-refractivity contribution in [2.75, 3.05) is 4.90 Å². The Hall–Kier alpha value is -3.76. The molecule has 2 saturated heterocycles. The summed E-state index contributed by atoms with van der Waals surface area (Å²) in [7, 11) is 0. The molecular weight excluding hydrogens is 552 g/mol. The third kappa shape index (κ3) is 3.15. The maximum atomic E-state index is 14.1. The van der Waals surface area contributed by atoms with Gasteiger partial charge >= 0.3 is 6.03 Å². The summed E-state index contributed by atoms with van der Waals surface area (Å²) in [5, 5.41) is 10.9. The van der Waals surface area contributed by atoms with Gasteiger partial charge in [0.15, 0.2) is 9.75 Å². The minimum absolute atomic E-state index is 0.0405. The number of aromatic hydroxyl groups is 1. The number of hydrogen-bond donors (Lipinski definition) is 2. The number of rotatable bonds is 2. The van der Waals surface area contributed by atoms with E-state index in [1.54, 1.807) is 18.2 Å². The van der Waals surface area contributed by atoms with Crippen molar-refractivity contribution in [3.8, 4) is 5.75 Å². The molecule has 6 rings (SSSR count). The van der Waals surface area contributed by atoms with E-state index in [2.05, 4.69) is 0 Å². The van der Waals surface area contributed by atoms with E-state index < -0.39 is 68.9 Å². The predicted octanol–water partition coefficient (Wildman–Crippen LogP) is 3.17. The molecule has 6 amide bonds.